The fourth-order valence-electron chi connectivity index (χ4n) is 1.91. The van der Waals surface area contributed by atoms with E-state index in [1.165, 1.54) is 6.07 Å². The number of methoxy groups -OCH3 is 1. The minimum Gasteiger partial charge on any atom is -0.507 e. The summed E-state index contributed by atoms with van der Waals surface area (Å²) in [5.41, 5.74) is 1.21. The first-order valence-electron chi connectivity index (χ1n) is 5.93. The molecule has 0 unspecified atom stereocenters. The molecule has 19 heavy (non-hydrogen) atoms. The van der Waals surface area contributed by atoms with E-state index in [1.807, 2.05) is 0 Å². The Hall–Kier alpha value is -2.23. The number of aromatic hydroxyl groups is 1. The minimum absolute atomic E-state index is 0.141. The monoisotopic (exact) mass is 261 g/mol. The molecule has 1 N–H and O–H groups in total. The van der Waals surface area contributed by atoms with Crippen LogP contribution in [0.1, 0.15) is 5.56 Å². The van der Waals surface area contributed by atoms with E-state index < -0.39 is 0 Å². The molecule has 3 nitrogen and oxygen atoms in total. The van der Waals surface area contributed by atoms with E-state index in [0.717, 1.165) is 0 Å². The van der Waals surface area contributed by atoms with Gasteiger partial charge in [0.15, 0.2) is 0 Å². The summed E-state index contributed by atoms with van der Waals surface area (Å²) in [6.07, 6.45) is 0. The highest BCUT2D eigenvalue weighted by atomic mass is 19.1. The third-order valence-corrected chi connectivity index (χ3v) is 2.96. The van der Waals surface area contributed by atoms with Gasteiger partial charge < -0.3 is 14.7 Å². The summed E-state index contributed by atoms with van der Waals surface area (Å²) in [7, 11) is 3.32. The van der Waals surface area contributed by atoms with Crippen LogP contribution in [-0.2, 0) is 6.54 Å². The Balaban J connectivity index is 2.19. The highest BCUT2D eigenvalue weighted by Gasteiger charge is 2.10. The van der Waals surface area contributed by atoms with E-state index in [2.05, 4.69) is 0 Å². The van der Waals surface area contributed by atoms with Gasteiger partial charge in [-0.15, -0.1) is 0 Å². The summed E-state index contributed by atoms with van der Waals surface area (Å²) in [5.74, 6) is 0.454. The number of para-hydroxylation sites is 1. The van der Waals surface area contributed by atoms with Gasteiger partial charge in [0.1, 0.15) is 17.3 Å². The average Bonchev–Trinajstić information content (AvgIpc) is 2.41. The molecule has 0 heterocycles. The Morgan fingerprint density at radius 1 is 1.21 bits per heavy atom. The third-order valence-electron chi connectivity index (χ3n) is 2.96. The zero-order valence-electron chi connectivity index (χ0n) is 10.9. The number of benzene rings is 2. The van der Waals surface area contributed by atoms with Gasteiger partial charge in [-0.1, -0.05) is 12.1 Å². The summed E-state index contributed by atoms with van der Waals surface area (Å²) >= 11 is 0. The maximum Gasteiger partial charge on any atom is 0.146 e. The van der Waals surface area contributed by atoms with Gasteiger partial charge in [-0.3, -0.25) is 0 Å². The number of phenolic OH excluding ortho intramolecular Hbond substituents is 1. The van der Waals surface area contributed by atoms with Crippen molar-refractivity contribution in [2.75, 3.05) is 19.1 Å². The number of hydrogen-bond acceptors (Lipinski definition) is 3. The van der Waals surface area contributed by atoms with Gasteiger partial charge in [-0.2, -0.15) is 0 Å². The largest absolute Gasteiger partial charge is 0.507 e. The lowest BCUT2D eigenvalue weighted by molar-refractivity contribution is 0.406. The fourth-order valence-corrected chi connectivity index (χ4v) is 1.91. The van der Waals surface area contributed by atoms with Crippen molar-refractivity contribution in [1.29, 1.82) is 0 Å². The normalized spacial score (nSPS) is 10.3. The Kier molecular flexibility index (Phi) is 3.90. The van der Waals surface area contributed by atoms with Crippen LogP contribution in [0.3, 0.4) is 0 Å². The van der Waals surface area contributed by atoms with Gasteiger partial charge >= 0.3 is 0 Å². The molecule has 100 valence electrons. The van der Waals surface area contributed by atoms with Crippen molar-refractivity contribution < 1.29 is 14.2 Å². The highest BCUT2D eigenvalue weighted by molar-refractivity contribution is 5.49. The fraction of sp³-hybridized carbons (Fsp3) is 0.200. The number of ether oxygens (including phenoxy) is 1. The SMILES string of the molecule is COc1ccc(CN(C)c2ccccc2F)c(O)c1. The number of hydrogen-bond donors (Lipinski definition) is 1. The van der Waals surface area contributed by atoms with E-state index in [4.69, 9.17) is 4.74 Å². The summed E-state index contributed by atoms with van der Waals surface area (Å²) in [4.78, 5) is 1.75. The standard InChI is InChI=1S/C15H16FNO2/c1-17(14-6-4-3-5-13(14)16)10-11-7-8-12(19-2)9-15(11)18/h3-9,18H,10H2,1-2H3. The number of rotatable bonds is 4. The van der Waals surface area contributed by atoms with Crippen molar-refractivity contribution in [3.8, 4) is 11.5 Å². The van der Waals surface area contributed by atoms with Crippen molar-refractivity contribution >= 4 is 5.69 Å². The minimum atomic E-state index is -0.280. The summed E-state index contributed by atoms with van der Waals surface area (Å²) in [6, 6.07) is 11.6. The van der Waals surface area contributed by atoms with Crippen LogP contribution >= 0.6 is 0 Å². The van der Waals surface area contributed by atoms with Crippen LogP contribution in [0.4, 0.5) is 10.1 Å². The molecular formula is C15H16FNO2. The molecule has 2 rings (SSSR count). The van der Waals surface area contributed by atoms with E-state index in [0.29, 0.717) is 23.5 Å². The molecule has 0 aromatic heterocycles. The van der Waals surface area contributed by atoms with Crippen LogP contribution in [-0.4, -0.2) is 19.3 Å². The Bertz CT molecular complexity index is 572. The molecule has 0 atom stereocenters. The Morgan fingerprint density at radius 2 is 1.95 bits per heavy atom. The molecule has 0 spiro atoms. The van der Waals surface area contributed by atoms with Gasteiger partial charge in [0.2, 0.25) is 0 Å². The predicted octanol–water partition coefficient (Wildman–Crippen LogP) is 3.18. The van der Waals surface area contributed by atoms with Gasteiger partial charge in [0.05, 0.1) is 12.8 Å². The second kappa shape index (κ2) is 5.61. The zero-order chi connectivity index (χ0) is 13.8. The lowest BCUT2D eigenvalue weighted by atomic mass is 10.1. The van der Waals surface area contributed by atoms with Crippen molar-refractivity contribution in [2.45, 2.75) is 6.54 Å². The molecule has 2 aromatic carbocycles. The molecular weight excluding hydrogens is 245 g/mol. The molecule has 0 fully saturated rings. The first-order chi connectivity index (χ1) is 9.11. The number of phenols is 1. The average molecular weight is 261 g/mol. The zero-order valence-corrected chi connectivity index (χ0v) is 10.9. The van der Waals surface area contributed by atoms with Gasteiger partial charge in [-0.05, 0) is 24.3 Å². The molecule has 0 saturated carbocycles. The number of anilines is 1. The predicted molar refractivity (Wildman–Crippen MR) is 73.2 cm³/mol. The third kappa shape index (κ3) is 2.96. The van der Waals surface area contributed by atoms with Gasteiger partial charge in [0.25, 0.3) is 0 Å². The summed E-state index contributed by atoms with van der Waals surface area (Å²) < 4.78 is 18.7. The molecule has 0 radical (unpaired) electrons. The van der Waals surface area contributed by atoms with Crippen LogP contribution < -0.4 is 9.64 Å². The first-order valence-corrected chi connectivity index (χ1v) is 5.93. The Labute approximate surface area is 111 Å². The maximum atomic E-state index is 13.6. The van der Waals surface area contributed by atoms with Crippen LogP contribution in [0, 0.1) is 5.82 Å². The molecule has 0 aliphatic rings. The molecule has 0 bridgehead atoms. The lowest BCUT2D eigenvalue weighted by Crippen LogP contribution is -2.17. The molecule has 2 aromatic rings. The number of halogens is 1. The van der Waals surface area contributed by atoms with Gasteiger partial charge in [-0.25, -0.2) is 4.39 Å². The summed E-state index contributed by atoms with van der Waals surface area (Å²) in [5, 5.41) is 9.89. The second-order valence-corrected chi connectivity index (χ2v) is 4.30. The van der Waals surface area contributed by atoms with E-state index >= 15 is 0 Å². The summed E-state index contributed by atoms with van der Waals surface area (Å²) in [6.45, 7) is 0.413. The van der Waals surface area contributed by atoms with Crippen LogP contribution in [0.25, 0.3) is 0 Å². The Morgan fingerprint density at radius 3 is 2.58 bits per heavy atom. The maximum absolute atomic E-state index is 13.6. The molecule has 0 aliphatic carbocycles. The van der Waals surface area contributed by atoms with E-state index in [1.54, 1.807) is 55.5 Å². The first kappa shape index (κ1) is 13.2. The number of nitrogens with zero attached hydrogens (tertiary/aromatic N) is 1. The van der Waals surface area contributed by atoms with Crippen molar-refractivity contribution in [3.05, 3.63) is 53.8 Å². The van der Waals surface area contributed by atoms with Gasteiger partial charge in [0, 0.05) is 25.2 Å². The van der Waals surface area contributed by atoms with Crippen LogP contribution in [0.15, 0.2) is 42.5 Å². The highest BCUT2D eigenvalue weighted by Crippen LogP contribution is 2.26. The van der Waals surface area contributed by atoms with Crippen molar-refractivity contribution in [3.63, 3.8) is 0 Å². The quantitative estimate of drug-likeness (QED) is 0.917. The van der Waals surface area contributed by atoms with Crippen LogP contribution in [0.5, 0.6) is 11.5 Å². The lowest BCUT2D eigenvalue weighted by Gasteiger charge is -2.20. The van der Waals surface area contributed by atoms with Crippen molar-refractivity contribution in [2.24, 2.45) is 0 Å². The smallest absolute Gasteiger partial charge is 0.146 e. The van der Waals surface area contributed by atoms with E-state index in [-0.39, 0.29) is 11.6 Å². The molecule has 4 heteroatoms. The van der Waals surface area contributed by atoms with Crippen molar-refractivity contribution in [1.82, 2.24) is 0 Å². The molecule has 0 saturated heterocycles. The topological polar surface area (TPSA) is 32.7 Å². The van der Waals surface area contributed by atoms with Crippen LogP contribution in [0.2, 0.25) is 0 Å². The molecule has 0 amide bonds. The van der Waals surface area contributed by atoms with E-state index in [9.17, 15) is 9.50 Å². The molecule has 0 aliphatic heterocycles. The second-order valence-electron chi connectivity index (χ2n) is 4.30.